The lowest BCUT2D eigenvalue weighted by Gasteiger charge is -2.28. The highest BCUT2D eigenvalue weighted by molar-refractivity contribution is 7.88. The number of fused-ring (bicyclic) bond motifs is 1. The fourth-order valence-corrected chi connectivity index (χ4v) is 5.80. The number of likely N-dealkylation sites (tertiary alicyclic amines) is 1. The Bertz CT molecular complexity index is 938. The topological polar surface area (TPSA) is 40.6 Å². The molecule has 3 atom stereocenters. The van der Waals surface area contributed by atoms with Gasteiger partial charge in [0.25, 0.3) is 0 Å². The minimum Gasteiger partial charge on any atom is -0.298 e. The first-order valence-electron chi connectivity index (χ1n) is 9.01. The fraction of sp³-hybridized carbons (Fsp3) is 0.400. The van der Waals surface area contributed by atoms with Gasteiger partial charge in [-0.15, -0.1) is 0 Å². The maximum absolute atomic E-state index is 13.7. The SMILES string of the molecule is CS(=O)(=O)N1C[C@H]2CN(Cc3ccc(Cl)c(F)c3)C[C@H]2[C@@H]1c1ccccc1. The Labute approximate surface area is 164 Å². The first-order chi connectivity index (χ1) is 12.8. The van der Waals surface area contributed by atoms with Gasteiger partial charge in [-0.05, 0) is 35.1 Å². The van der Waals surface area contributed by atoms with Crippen LogP contribution in [0.1, 0.15) is 17.2 Å². The molecule has 0 aromatic heterocycles. The zero-order valence-corrected chi connectivity index (χ0v) is 16.6. The van der Waals surface area contributed by atoms with Crippen molar-refractivity contribution in [2.45, 2.75) is 12.6 Å². The van der Waals surface area contributed by atoms with Crippen LogP contribution in [0, 0.1) is 17.7 Å². The van der Waals surface area contributed by atoms with E-state index in [9.17, 15) is 12.8 Å². The molecule has 0 unspecified atom stereocenters. The number of nitrogens with zero attached hydrogens (tertiary/aromatic N) is 2. The molecule has 0 radical (unpaired) electrons. The third-order valence-corrected chi connectivity index (χ3v) is 7.19. The molecule has 0 aliphatic carbocycles. The zero-order valence-electron chi connectivity index (χ0n) is 15.1. The van der Waals surface area contributed by atoms with E-state index in [1.54, 1.807) is 10.4 Å². The lowest BCUT2D eigenvalue weighted by Crippen LogP contribution is -2.34. The number of halogens is 2. The van der Waals surface area contributed by atoms with Crippen LogP contribution in [0.5, 0.6) is 0 Å². The molecule has 2 aliphatic rings. The molecule has 27 heavy (non-hydrogen) atoms. The van der Waals surface area contributed by atoms with Gasteiger partial charge in [-0.1, -0.05) is 48.0 Å². The fourth-order valence-electron chi connectivity index (χ4n) is 4.53. The summed E-state index contributed by atoms with van der Waals surface area (Å²) in [5.74, 6) is 0.111. The summed E-state index contributed by atoms with van der Waals surface area (Å²) in [5, 5.41) is 0.130. The van der Waals surface area contributed by atoms with Crippen LogP contribution in [0.15, 0.2) is 48.5 Å². The predicted molar refractivity (Wildman–Crippen MR) is 104 cm³/mol. The van der Waals surface area contributed by atoms with Crippen molar-refractivity contribution >= 4 is 21.6 Å². The molecule has 0 saturated carbocycles. The molecule has 4 rings (SSSR count). The van der Waals surface area contributed by atoms with Gasteiger partial charge in [0.05, 0.1) is 17.3 Å². The lowest BCUT2D eigenvalue weighted by atomic mass is 9.90. The summed E-state index contributed by atoms with van der Waals surface area (Å²) >= 11 is 5.77. The number of hydrogen-bond acceptors (Lipinski definition) is 3. The molecule has 0 N–H and O–H groups in total. The molecule has 2 aliphatic heterocycles. The molecular weight excluding hydrogens is 387 g/mol. The highest BCUT2D eigenvalue weighted by atomic mass is 35.5. The van der Waals surface area contributed by atoms with Crippen LogP contribution >= 0.6 is 11.6 Å². The number of hydrogen-bond donors (Lipinski definition) is 0. The van der Waals surface area contributed by atoms with Crippen LogP contribution in [0.25, 0.3) is 0 Å². The highest BCUT2D eigenvalue weighted by Crippen LogP contribution is 2.46. The van der Waals surface area contributed by atoms with Gasteiger partial charge in [0, 0.05) is 26.2 Å². The highest BCUT2D eigenvalue weighted by Gasteiger charge is 2.50. The first-order valence-corrected chi connectivity index (χ1v) is 11.2. The average Bonchev–Trinajstić information content (AvgIpc) is 3.16. The Hall–Kier alpha value is -1.47. The summed E-state index contributed by atoms with van der Waals surface area (Å²) < 4.78 is 40.1. The van der Waals surface area contributed by atoms with E-state index in [1.807, 2.05) is 36.4 Å². The number of rotatable bonds is 4. The van der Waals surface area contributed by atoms with Crippen molar-refractivity contribution in [1.82, 2.24) is 9.21 Å². The third kappa shape index (κ3) is 3.76. The van der Waals surface area contributed by atoms with Gasteiger partial charge in [0.1, 0.15) is 5.82 Å². The van der Waals surface area contributed by atoms with Gasteiger partial charge >= 0.3 is 0 Å². The minimum atomic E-state index is -3.28. The average molecular weight is 409 g/mol. The van der Waals surface area contributed by atoms with Crippen LogP contribution in [-0.4, -0.2) is 43.5 Å². The summed E-state index contributed by atoms with van der Waals surface area (Å²) in [5.41, 5.74) is 1.92. The zero-order chi connectivity index (χ0) is 19.2. The lowest BCUT2D eigenvalue weighted by molar-refractivity contribution is 0.260. The van der Waals surface area contributed by atoms with Gasteiger partial charge in [0.15, 0.2) is 0 Å². The molecule has 0 amide bonds. The van der Waals surface area contributed by atoms with Crippen LogP contribution in [0.2, 0.25) is 5.02 Å². The van der Waals surface area contributed by atoms with E-state index in [2.05, 4.69) is 4.90 Å². The van der Waals surface area contributed by atoms with Gasteiger partial charge in [-0.25, -0.2) is 12.8 Å². The van der Waals surface area contributed by atoms with E-state index in [0.717, 1.165) is 24.2 Å². The van der Waals surface area contributed by atoms with Crippen molar-refractivity contribution in [3.05, 3.63) is 70.5 Å². The van der Waals surface area contributed by atoms with Gasteiger partial charge in [-0.3, -0.25) is 4.90 Å². The van der Waals surface area contributed by atoms with E-state index >= 15 is 0 Å². The standard InChI is InChI=1S/C20H22ClFN2O2S/c1-27(25,26)24-12-16-11-23(10-14-7-8-18(21)19(22)9-14)13-17(16)20(24)15-5-3-2-4-6-15/h2-9,16-17,20H,10-13H2,1H3/t16-,17-,20+/m1/s1. The molecule has 2 heterocycles. The van der Waals surface area contributed by atoms with Crippen LogP contribution in [0.3, 0.4) is 0 Å². The maximum Gasteiger partial charge on any atom is 0.211 e. The molecule has 0 bridgehead atoms. The van der Waals surface area contributed by atoms with Crippen molar-refractivity contribution in [1.29, 1.82) is 0 Å². The molecule has 7 heteroatoms. The summed E-state index contributed by atoms with van der Waals surface area (Å²) in [7, 11) is -3.28. The van der Waals surface area contributed by atoms with Crippen molar-refractivity contribution in [3.8, 4) is 0 Å². The quantitative estimate of drug-likeness (QED) is 0.776. The Kier molecular flexibility index (Phi) is 5.01. The minimum absolute atomic E-state index is 0.130. The van der Waals surface area contributed by atoms with E-state index in [0.29, 0.717) is 13.1 Å². The van der Waals surface area contributed by atoms with E-state index in [4.69, 9.17) is 11.6 Å². The van der Waals surface area contributed by atoms with Crippen LogP contribution in [-0.2, 0) is 16.6 Å². The van der Waals surface area contributed by atoms with Gasteiger partial charge < -0.3 is 0 Å². The first kappa shape index (κ1) is 18.9. The number of sulfonamides is 1. The van der Waals surface area contributed by atoms with E-state index in [-0.39, 0.29) is 22.9 Å². The largest absolute Gasteiger partial charge is 0.298 e. The monoisotopic (exact) mass is 408 g/mol. The Morgan fingerprint density at radius 1 is 1.11 bits per heavy atom. The van der Waals surface area contributed by atoms with Crippen LogP contribution in [0.4, 0.5) is 4.39 Å². The molecule has 4 nitrogen and oxygen atoms in total. The van der Waals surface area contributed by atoms with Crippen molar-refractivity contribution in [3.63, 3.8) is 0 Å². The Balaban J connectivity index is 1.56. The predicted octanol–water partition coefficient (Wildman–Crippen LogP) is 3.54. The summed E-state index contributed by atoms with van der Waals surface area (Å²) in [6, 6.07) is 14.6. The molecule has 2 aromatic carbocycles. The summed E-state index contributed by atoms with van der Waals surface area (Å²) in [6.45, 7) is 2.78. The van der Waals surface area contributed by atoms with Crippen LogP contribution < -0.4 is 0 Å². The van der Waals surface area contributed by atoms with Crippen molar-refractivity contribution in [2.24, 2.45) is 11.8 Å². The second kappa shape index (κ2) is 7.17. The smallest absolute Gasteiger partial charge is 0.211 e. The van der Waals surface area contributed by atoms with E-state index < -0.39 is 15.8 Å². The molecule has 2 aromatic rings. The third-order valence-electron chi connectivity index (χ3n) is 5.65. The van der Waals surface area contributed by atoms with Gasteiger partial charge in [0.2, 0.25) is 10.0 Å². The van der Waals surface area contributed by atoms with Crippen molar-refractivity contribution < 1.29 is 12.8 Å². The summed E-state index contributed by atoms with van der Waals surface area (Å²) in [6.07, 6.45) is 1.29. The molecule has 2 fully saturated rings. The molecule has 144 valence electrons. The van der Waals surface area contributed by atoms with E-state index in [1.165, 1.54) is 12.3 Å². The Morgan fingerprint density at radius 2 is 1.85 bits per heavy atom. The summed E-state index contributed by atoms with van der Waals surface area (Å²) in [4.78, 5) is 2.29. The maximum atomic E-state index is 13.7. The second-order valence-corrected chi connectivity index (χ2v) is 9.90. The normalized spacial score (nSPS) is 26.4. The van der Waals surface area contributed by atoms with Crippen molar-refractivity contribution in [2.75, 3.05) is 25.9 Å². The van der Waals surface area contributed by atoms with Gasteiger partial charge in [-0.2, -0.15) is 4.31 Å². The molecule has 2 saturated heterocycles. The number of benzene rings is 2. The molecule has 0 spiro atoms. The Morgan fingerprint density at radius 3 is 2.52 bits per heavy atom. The second-order valence-electron chi connectivity index (χ2n) is 7.55. The molecular formula is C20H22ClFN2O2S.